The SMILES string of the molecule is Cc1cc(NC(=O)C(=O)NC[C@@H](O)c2ccc3c(c2)CCN3C)no1. The highest BCUT2D eigenvalue weighted by Crippen LogP contribution is 2.29. The van der Waals surface area contributed by atoms with Gasteiger partial charge in [0.1, 0.15) is 5.76 Å². The molecule has 2 amide bonds. The van der Waals surface area contributed by atoms with Crippen LogP contribution in [0.5, 0.6) is 0 Å². The Hall–Kier alpha value is -2.87. The van der Waals surface area contributed by atoms with E-state index in [2.05, 4.69) is 20.7 Å². The van der Waals surface area contributed by atoms with E-state index in [1.54, 1.807) is 6.92 Å². The summed E-state index contributed by atoms with van der Waals surface area (Å²) in [7, 11) is 2.02. The molecule has 3 rings (SSSR count). The summed E-state index contributed by atoms with van der Waals surface area (Å²) in [4.78, 5) is 25.7. The summed E-state index contributed by atoms with van der Waals surface area (Å²) in [6.45, 7) is 2.57. The van der Waals surface area contributed by atoms with Crippen molar-refractivity contribution in [2.24, 2.45) is 0 Å². The Kier molecular flexibility index (Phi) is 4.71. The Bertz CT molecular complexity index is 802. The van der Waals surface area contributed by atoms with Crippen molar-refractivity contribution in [3.05, 3.63) is 41.2 Å². The second-order valence-corrected chi connectivity index (χ2v) is 6.06. The zero-order valence-electron chi connectivity index (χ0n) is 14.1. The van der Waals surface area contributed by atoms with Crippen molar-refractivity contribution in [2.75, 3.05) is 30.4 Å². The number of carbonyl (C=O) groups is 2. The molecule has 0 unspecified atom stereocenters. The van der Waals surface area contributed by atoms with Crippen molar-refractivity contribution < 1.29 is 19.2 Å². The Balaban J connectivity index is 1.54. The molecular formula is C17H20N4O4. The van der Waals surface area contributed by atoms with E-state index >= 15 is 0 Å². The number of amides is 2. The van der Waals surface area contributed by atoms with Gasteiger partial charge in [0.05, 0.1) is 6.10 Å². The molecule has 0 radical (unpaired) electrons. The van der Waals surface area contributed by atoms with Gasteiger partial charge < -0.3 is 19.8 Å². The van der Waals surface area contributed by atoms with Gasteiger partial charge in [0.15, 0.2) is 5.82 Å². The second-order valence-electron chi connectivity index (χ2n) is 6.06. The van der Waals surface area contributed by atoms with Crippen LogP contribution in [0, 0.1) is 6.92 Å². The molecule has 0 saturated heterocycles. The average molecular weight is 344 g/mol. The molecule has 1 atom stereocenters. The molecule has 0 saturated carbocycles. The minimum Gasteiger partial charge on any atom is -0.387 e. The van der Waals surface area contributed by atoms with Gasteiger partial charge in [-0.3, -0.25) is 14.9 Å². The molecule has 0 aliphatic carbocycles. The number of nitrogens with zero attached hydrogens (tertiary/aromatic N) is 2. The Morgan fingerprint density at radius 2 is 2.16 bits per heavy atom. The summed E-state index contributed by atoms with van der Waals surface area (Å²) < 4.78 is 4.81. The molecule has 1 aliphatic rings. The molecule has 1 aromatic heterocycles. The number of hydrogen-bond acceptors (Lipinski definition) is 6. The molecular weight excluding hydrogens is 324 g/mol. The number of likely N-dealkylation sites (N-methyl/N-ethyl adjacent to an activating group) is 1. The quantitative estimate of drug-likeness (QED) is 0.707. The number of fused-ring (bicyclic) bond motifs is 1. The van der Waals surface area contributed by atoms with E-state index in [9.17, 15) is 14.7 Å². The van der Waals surface area contributed by atoms with Crippen LogP contribution < -0.4 is 15.5 Å². The summed E-state index contributed by atoms with van der Waals surface area (Å²) in [6, 6.07) is 7.23. The number of hydrogen-bond donors (Lipinski definition) is 3. The van der Waals surface area contributed by atoms with Gasteiger partial charge in [0.25, 0.3) is 0 Å². The molecule has 25 heavy (non-hydrogen) atoms. The first-order valence-electron chi connectivity index (χ1n) is 7.98. The van der Waals surface area contributed by atoms with Crippen molar-refractivity contribution in [3.8, 4) is 0 Å². The first-order valence-corrected chi connectivity index (χ1v) is 7.98. The Morgan fingerprint density at radius 1 is 1.36 bits per heavy atom. The maximum Gasteiger partial charge on any atom is 0.314 e. The number of benzene rings is 1. The zero-order chi connectivity index (χ0) is 18.0. The van der Waals surface area contributed by atoms with Gasteiger partial charge in [0.2, 0.25) is 0 Å². The summed E-state index contributed by atoms with van der Waals surface area (Å²) in [6.07, 6.45) is 0.0420. The third-order valence-corrected chi connectivity index (χ3v) is 4.15. The normalized spacial score (nSPS) is 14.1. The molecule has 0 bridgehead atoms. The van der Waals surface area contributed by atoms with Crippen LogP contribution >= 0.6 is 0 Å². The lowest BCUT2D eigenvalue weighted by Crippen LogP contribution is -2.37. The smallest absolute Gasteiger partial charge is 0.314 e. The van der Waals surface area contributed by atoms with Gasteiger partial charge in [-0.05, 0) is 30.5 Å². The van der Waals surface area contributed by atoms with Crippen molar-refractivity contribution in [1.29, 1.82) is 0 Å². The lowest BCUT2D eigenvalue weighted by molar-refractivity contribution is -0.136. The lowest BCUT2D eigenvalue weighted by atomic mass is 10.0. The fraction of sp³-hybridized carbons (Fsp3) is 0.353. The van der Waals surface area contributed by atoms with E-state index in [1.165, 1.54) is 11.6 Å². The van der Waals surface area contributed by atoms with Crippen molar-refractivity contribution >= 4 is 23.3 Å². The maximum absolute atomic E-state index is 11.8. The fourth-order valence-electron chi connectivity index (χ4n) is 2.78. The van der Waals surface area contributed by atoms with E-state index < -0.39 is 17.9 Å². The molecule has 1 aliphatic heterocycles. The van der Waals surface area contributed by atoms with Crippen LogP contribution in [0.1, 0.15) is 23.0 Å². The predicted molar refractivity (Wildman–Crippen MR) is 91.3 cm³/mol. The number of aromatic nitrogens is 1. The standard InChI is InChI=1S/C17H20N4O4/c1-10-7-15(20-25-10)19-17(24)16(23)18-9-14(22)12-3-4-13-11(8-12)5-6-21(13)2/h3-4,7-8,14,22H,5-6,9H2,1-2H3,(H,18,23)(H,19,20,24)/t14-/m1/s1. The summed E-state index contributed by atoms with van der Waals surface area (Å²) in [5, 5.41) is 18.6. The van der Waals surface area contributed by atoms with Gasteiger partial charge in [-0.25, -0.2) is 0 Å². The molecule has 1 aromatic carbocycles. The minimum atomic E-state index is -0.887. The molecule has 2 heterocycles. The van der Waals surface area contributed by atoms with Gasteiger partial charge >= 0.3 is 11.8 Å². The van der Waals surface area contributed by atoms with Gasteiger partial charge in [0, 0.05) is 31.9 Å². The van der Waals surface area contributed by atoms with E-state index in [4.69, 9.17) is 4.52 Å². The first kappa shape index (κ1) is 17.0. The van der Waals surface area contributed by atoms with Crippen LogP contribution in [0.2, 0.25) is 0 Å². The van der Waals surface area contributed by atoms with Crippen LogP contribution in [0.4, 0.5) is 11.5 Å². The molecule has 132 valence electrons. The summed E-state index contributed by atoms with van der Waals surface area (Å²) in [5.74, 6) is -1.02. The lowest BCUT2D eigenvalue weighted by Gasteiger charge is -2.15. The molecule has 8 heteroatoms. The number of nitrogens with one attached hydrogen (secondary N) is 2. The topological polar surface area (TPSA) is 108 Å². The molecule has 2 aromatic rings. The van der Waals surface area contributed by atoms with Gasteiger partial charge in [-0.15, -0.1) is 0 Å². The number of rotatable bonds is 4. The Labute approximate surface area is 144 Å². The highest BCUT2D eigenvalue weighted by atomic mass is 16.5. The fourth-order valence-corrected chi connectivity index (χ4v) is 2.78. The number of aliphatic hydroxyl groups is 1. The summed E-state index contributed by atoms with van der Waals surface area (Å²) in [5.41, 5.74) is 3.04. The average Bonchev–Trinajstić information content (AvgIpc) is 3.17. The van der Waals surface area contributed by atoms with Crippen LogP contribution in [0.3, 0.4) is 0 Å². The predicted octanol–water partition coefficient (Wildman–Crippen LogP) is 0.764. The van der Waals surface area contributed by atoms with Crippen LogP contribution in [-0.4, -0.2) is 42.2 Å². The Morgan fingerprint density at radius 3 is 2.88 bits per heavy atom. The highest BCUT2D eigenvalue weighted by molar-refractivity contribution is 6.39. The second kappa shape index (κ2) is 6.94. The van der Waals surface area contributed by atoms with Crippen LogP contribution in [0.25, 0.3) is 0 Å². The number of carbonyl (C=O) groups excluding carboxylic acids is 2. The van der Waals surface area contributed by atoms with Gasteiger partial charge in [-0.1, -0.05) is 17.3 Å². The van der Waals surface area contributed by atoms with Crippen LogP contribution in [-0.2, 0) is 16.0 Å². The van der Waals surface area contributed by atoms with Crippen molar-refractivity contribution in [2.45, 2.75) is 19.4 Å². The van der Waals surface area contributed by atoms with E-state index in [0.29, 0.717) is 11.3 Å². The monoisotopic (exact) mass is 344 g/mol. The van der Waals surface area contributed by atoms with E-state index in [0.717, 1.165) is 18.7 Å². The zero-order valence-corrected chi connectivity index (χ0v) is 14.1. The highest BCUT2D eigenvalue weighted by Gasteiger charge is 2.20. The number of aliphatic hydroxyl groups excluding tert-OH is 1. The minimum absolute atomic E-state index is 0.0568. The molecule has 0 fully saturated rings. The number of aryl methyl sites for hydroxylation is 1. The summed E-state index contributed by atoms with van der Waals surface area (Å²) >= 11 is 0. The van der Waals surface area contributed by atoms with E-state index in [1.807, 2.05) is 25.2 Å². The third kappa shape index (κ3) is 3.80. The molecule has 0 spiro atoms. The number of anilines is 2. The molecule has 8 nitrogen and oxygen atoms in total. The van der Waals surface area contributed by atoms with Crippen molar-refractivity contribution in [3.63, 3.8) is 0 Å². The van der Waals surface area contributed by atoms with Gasteiger partial charge in [-0.2, -0.15) is 0 Å². The third-order valence-electron chi connectivity index (χ3n) is 4.15. The maximum atomic E-state index is 11.8. The van der Waals surface area contributed by atoms with Crippen LogP contribution in [0.15, 0.2) is 28.8 Å². The largest absolute Gasteiger partial charge is 0.387 e. The molecule has 3 N–H and O–H groups in total. The van der Waals surface area contributed by atoms with E-state index in [-0.39, 0.29) is 12.4 Å². The van der Waals surface area contributed by atoms with Crippen molar-refractivity contribution in [1.82, 2.24) is 10.5 Å². The first-order chi connectivity index (χ1) is 11.9.